The van der Waals surface area contributed by atoms with Crippen molar-refractivity contribution in [3.05, 3.63) is 24.3 Å². The Kier molecular flexibility index (Phi) is 10.1. The molecule has 0 saturated carbocycles. The maximum Gasteiger partial charge on any atom is 0.139 e. The number of benzene rings is 1. The SMILES string of the molecule is CCCCCC1=NC(CCCCC)N(c2ccccc2O)C(CCCCC)=N1. The number of phenolic OH excluding ortho intramolecular Hbond substituents is 1. The van der Waals surface area contributed by atoms with Crippen LogP contribution in [0.5, 0.6) is 5.75 Å². The molecule has 0 fully saturated rings. The highest BCUT2D eigenvalue weighted by Crippen LogP contribution is 2.33. The molecule has 1 aromatic carbocycles. The van der Waals surface area contributed by atoms with Crippen molar-refractivity contribution < 1.29 is 5.11 Å². The number of anilines is 1. The predicted octanol–water partition coefficient (Wildman–Crippen LogP) is 7.08. The molecule has 1 aliphatic heterocycles. The fourth-order valence-corrected chi connectivity index (χ4v) is 3.73. The first-order valence-corrected chi connectivity index (χ1v) is 11.4. The Morgan fingerprint density at radius 2 is 1.50 bits per heavy atom. The summed E-state index contributed by atoms with van der Waals surface area (Å²) in [4.78, 5) is 12.2. The van der Waals surface area contributed by atoms with Crippen LogP contribution in [0.25, 0.3) is 0 Å². The number of hydrogen-bond donors (Lipinski definition) is 1. The lowest BCUT2D eigenvalue weighted by molar-refractivity contribution is 0.471. The van der Waals surface area contributed by atoms with Crippen LogP contribution in [0.1, 0.15) is 97.8 Å². The molecule has 2 rings (SSSR count). The summed E-state index contributed by atoms with van der Waals surface area (Å²) < 4.78 is 0. The molecule has 0 aromatic heterocycles. The van der Waals surface area contributed by atoms with Crippen molar-refractivity contribution in [2.75, 3.05) is 4.90 Å². The third kappa shape index (κ3) is 6.65. The lowest BCUT2D eigenvalue weighted by Crippen LogP contribution is -2.43. The van der Waals surface area contributed by atoms with Crippen molar-refractivity contribution in [1.82, 2.24) is 0 Å². The Labute approximate surface area is 171 Å². The first-order chi connectivity index (χ1) is 13.7. The van der Waals surface area contributed by atoms with E-state index in [1.165, 1.54) is 38.5 Å². The van der Waals surface area contributed by atoms with Gasteiger partial charge in [-0.25, -0.2) is 9.98 Å². The molecule has 156 valence electrons. The molecule has 1 aliphatic rings. The zero-order chi connectivity index (χ0) is 20.2. The predicted molar refractivity (Wildman–Crippen MR) is 122 cm³/mol. The molecule has 1 atom stereocenters. The highest BCUT2D eigenvalue weighted by molar-refractivity contribution is 6.08. The lowest BCUT2D eigenvalue weighted by Gasteiger charge is -2.36. The van der Waals surface area contributed by atoms with Crippen LogP contribution < -0.4 is 4.90 Å². The topological polar surface area (TPSA) is 48.2 Å². The van der Waals surface area contributed by atoms with Crippen molar-refractivity contribution in [3.8, 4) is 5.75 Å². The number of unbranched alkanes of at least 4 members (excludes halogenated alkanes) is 6. The first kappa shape index (κ1) is 22.4. The van der Waals surface area contributed by atoms with Crippen molar-refractivity contribution >= 4 is 17.4 Å². The number of aliphatic imine (C=N–C) groups is 2. The van der Waals surface area contributed by atoms with Gasteiger partial charge < -0.3 is 10.0 Å². The van der Waals surface area contributed by atoms with Gasteiger partial charge in [0.25, 0.3) is 0 Å². The van der Waals surface area contributed by atoms with Crippen molar-refractivity contribution in [2.24, 2.45) is 9.98 Å². The van der Waals surface area contributed by atoms with E-state index < -0.39 is 0 Å². The van der Waals surface area contributed by atoms with Crippen LogP contribution in [-0.4, -0.2) is 22.9 Å². The van der Waals surface area contributed by atoms with Crippen molar-refractivity contribution in [2.45, 2.75) is 104 Å². The van der Waals surface area contributed by atoms with Gasteiger partial charge in [0.1, 0.15) is 23.6 Å². The summed E-state index contributed by atoms with van der Waals surface area (Å²) >= 11 is 0. The van der Waals surface area contributed by atoms with Gasteiger partial charge in [0.15, 0.2) is 0 Å². The molecule has 0 spiro atoms. The Morgan fingerprint density at radius 1 is 0.857 bits per heavy atom. The number of aromatic hydroxyl groups is 1. The normalized spacial score (nSPS) is 16.8. The molecular weight excluding hydrogens is 346 g/mol. The molecule has 1 N–H and O–H groups in total. The molecule has 4 nitrogen and oxygen atoms in total. The molecule has 0 bridgehead atoms. The van der Waals surface area contributed by atoms with Crippen LogP contribution in [0.4, 0.5) is 5.69 Å². The fraction of sp³-hybridized carbons (Fsp3) is 0.667. The van der Waals surface area contributed by atoms with Crippen LogP contribution >= 0.6 is 0 Å². The second kappa shape index (κ2) is 12.6. The average molecular weight is 386 g/mol. The number of rotatable bonds is 13. The van der Waals surface area contributed by atoms with Gasteiger partial charge >= 0.3 is 0 Å². The standard InChI is InChI=1S/C24H39N3O/c1-4-7-10-17-22-25-23(18-11-8-5-2)27(20-15-13-14-16-21(20)28)24(26-22)19-12-9-6-3/h13-16,23,28H,4-12,17-19H2,1-3H3. The minimum Gasteiger partial charge on any atom is -0.506 e. The number of nitrogens with zero attached hydrogens (tertiary/aromatic N) is 3. The van der Waals surface area contributed by atoms with Gasteiger partial charge in [0.05, 0.1) is 5.69 Å². The van der Waals surface area contributed by atoms with Gasteiger partial charge in [0, 0.05) is 12.8 Å². The molecule has 4 heteroatoms. The van der Waals surface area contributed by atoms with E-state index in [0.717, 1.165) is 55.9 Å². The quantitative estimate of drug-likeness (QED) is 0.369. The van der Waals surface area contributed by atoms with E-state index in [4.69, 9.17) is 9.98 Å². The zero-order valence-corrected chi connectivity index (χ0v) is 18.2. The largest absolute Gasteiger partial charge is 0.506 e. The molecular formula is C24H39N3O. The summed E-state index contributed by atoms with van der Waals surface area (Å²) in [6.07, 6.45) is 13.6. The van der Waals surface area contributed by atoms with E-state index >= 15 is 0 Å². The van der Waals surface area contributed by atoms with Crippen molar-refractivity contribution in [3.63, 3.8) is 0 Å². The summed E-state index contributed by atoms with van der Waals surface area (Å²) in [5.41, 5.74) is 0.843. The van der Waals surface area contributed by atoms with E-state index in [1.807, 2.05) is 18.2 Å². The first-order valence-electron chi connectivity index (χ1n) is 11.4. The zero-order valence-electron chi connectivity index (χ0n) is 18.2. The van der Waals surface area contributed by atoms with Gasteiger partial charge in [0.2, 0.25) is 0 Å². The molecule has 0 radical (unpaired) electrons. The highest BCUT2D eigenvalue weighted by atomic mass is 16.3. The summed E-state index contributed by atoms with van der Waals surface area (Å²) in [5, 5.41) is 10.5. The molecule has 1 unspecified atom stereocenters. The number of hydrogen-bond acceptors (Lipinski definition) is 4. The summed E-state index contributed by atoms with van der Waals surface area (Å²) in [6, 6.07) is 7.63. The van der Waals surface area contributed by atoms with E-state index in [2.05, 4.69) is 25.7 Å². The molecule has 1 heterocycles. The molecule has 0 saturated heterocycles. The maximum atomic E-state index is 10.5. The van der Waals surface area contributed by atoms with Crippen LogP contribution in [-0.2, 0) is 0 Å². The highest BCUT2D eigenvalue weighted by Gasteiger charge is 2.28. The average Bonchev–Trinajstić information content (AvgIpc) is 2.69. The number of amidine groups is 2. The summed E-state index contributed by atoms with van der Waals surface area (Å²) in [5.74, 6) is 2.40. The van der Waals surface area contributed by atoms with E-state index in [-0.39, 0.29) is 6.17 Å². The van der Waals surface area contributed by atoms with Gasteiger partial charge in [-0.3, -0.25) is 0 Å². The van der Waals surface area contributed by atoms with E-state index in [0.29, 0.717) is 5.75 Å². The van der Waals surface area contributed by atoms with E-state index in [1.54, 1.807) is 6.07 Å². The lowest BCUT2D eigenvalue weighted by atomic mass is 10.1. The Balaban J connectivity index is 2.31. The van der Waals surface area contributed by atoms with Crippen molar-refractivity contribution in [1.29, 1.82) is 0 Å². The third-order valence-electron chi connectivity index (χ3n) is 5.35. The second-order valence-corrected chi connectivity index (χ2v) is 7.82. The van der Waals surface area contributed by atoms with Crippen LogP contribution in [0, 0.1) is 0 Å². The maximum absolute atomic E-state index is 10.5. The van der Waals surface area contributed by atoms with Gasteiger partial charge in [-0.15, -0.1) is 0 Å². The monoisotopic (exact) mass is 385 g/mol. The molecule has 0 amide bonds. The van der Waals surface area contributed by atoms with Gasteiger partial charge in [-0.2, -0.15) is 0 Å². The molecule has 1 aromatic rings. The number of phenols is 1. The number of para-hydroxylation sites is 2. The van der Waals surface area contributed by atoms with Crippen LogP contribution in [0.3, 0.4) is 0 Å². The minimum atomic E-state index is 0.0469. The van der Waals surface area contributed by atoms with Gasteiger partial charge in [-0.05, 0) is 37.8 Å². The third-order valence-corrected chi connectivity index (χ3v) is 5.35. The Hall–Kier alpha value is -1.84. The van der Waals surface area contributed by atoms with Gasteiger partial charge in [-0.1, -0.05) is 71.4 Å². The van der Waals surface area contributed by atoms with Crippen LogP contribution in [0.2, 0.25) is 0 Å². The second-order valence-electron chi connectivity index (χ2n) is 7.82. The molecule has 28 heavy (non-hydrogen) atoms. The summed E-state index contributed by atoms with van der Waals surface area (Å²) in [7, 11) is 0. The summed E-state index contributed by atoms with van der Waals surface area (Å²) in [6.45, 7) is 6.70. The fourth-order valence-electron chi connectivity index (χ4n) is 3.73. The van der Waals surface area contributed by atoms with Crippen LogP contribution in [0.15, 0.2) is 34.3 Å². The minimum absolute atomic E-state index is 0.0469. The Bertz CT molecular complexity index is 638. The smallest absolute Gasteiger partial charge is 0.139 e. The van der Waals surface area contributed by atoms with E-state index in [9.17, 15) is 5.11 Å². The Morgan fingerprint density at radius 3 is 2.18 bits per heavy atom. The molecule has 0 aliphatic carbocycles.